The third-order valence-electron chi connectivity index (χ3n) is 5.07. The Hall–Kier alpha value is -3.64. The summed E-state index contributed by atoms with van der Waals surface area (Å²) in [5, 5.41) is 7.49. The van der Waals surface area contributed by atoms with Crippen LogP contribution in [0.3, 0.4) is 0 Å². The number of terminal acetylenes is 1. The quantitative estimate of drug-likeness (QED) is 0.595. The number of amides is 1. The molecule has 1 amide bonds. The number of aromatic amines is 1. The van der Waals surface area contributed by atoms with Crippen molar-refractivity contribution in [1.82, 2.24) is 30.0 Å². The SMILES string of the molecule is C#CCNC(=O)CN1CCCN(c2nc3c(cnn3-c3ccccc3)c(=O)[nH]2)CC1. The Morgan fingerprint density at radius 3 is 2.83 bits per heavy atom. The number of hydrogen-bond donors (Lipinski definition) is 2. The van der Waals surface area contributed by atoms with Crippen LogP contribution < -0.4 is 15.8 Å². The molecular weight excluding hydrogens is 382 g/mol. The van der Waals surface area contributed by atoms with Gasteiger partial charge >= 0.3 is 0 Å². The molecule has 3 heterocycles. The molecule has 0 radical (unpaired) electrons. The number of para-hydroxylation sites is 1. The zero-order valence-corrected chi connectivity index (χ0v) is 16.5. The second kappa shape index (κ2) is 8.80. The molecule has 2 N–H and O–H groups in total. The van der Waals surface area contributed by atoms with Gasteiger partial charge in [-0.2, -0.15) is 10.1 Å². The van der Waals surface area contributed by atoms with Crippen molar-refractivity contribution in [3.63, 3.8) is 0 Å². The van der Waals surface area contributed by atoms with Gasteiger partial charge in [0.2, 0.25) is 11.9 Å². The number of carbonyl (C=O) groups is 1. The first-order chi connectivity index (χ1) is 14.7. The first-order valence-corrected chi connectivity index (χ1v) is 9.86. The van der Waals surface area contributed by atoms with Crippen molar-refractivity contribution >= 4 is 22.9 Å². The highest BCUT2D eigenvalue weighted by atomic mass is 16.2. The Kier molecular flexibility index (Phi) is 5.77. The lowest BCUT2D eigenvalue weighted by Gasteiger charge is -2.22. The van der Waals surface area contributed by atoms with Crippen LogP contribution in [-0.2, 0) is 4.79 Å². The summed E-state index contributed by atoms with van der Waals surface area (Å²) in [4.78, 5) is 36.3. The van der Waals surface area contributed by atoms with Crippen LogP contribution in [0.1, 0.15) is 6.42 Å². The number of carbonyl (C=O) groups excluding carboxylic acids is 1. The molecule has 154 valence electrons. The maximum Gasteiger partial charge on any atom is 0.263 e. The van der Waals surface area contributed by atoms with E-state index in [4.69, 9.17) is 11.4 Å². The molecule has 1 aliphatic heterocycles. The summed E-state index contributed by atoms with van der Waals surface area (Å²) in [6.45, 7) is 3.39. The molecular formula is C21H23N7O2. The van der Waals surface area contributed by atoms with Crippen molar-refractivity contribution in [2.75, 3.05) is 44.2 Å². The van der Waals surface area contributed by atoms with E-state index in [1.165, 1.54) is 6.20 Å². The molecule has 1 fully saturated rings. The number of aromatic nitrogens is 4. The lowest BCUT2D eigenvalue weighted by molar-refractivity contribution is -0.121. The van der Waals surface area contributed by atoms with Crippen LogP contribution in [0, 0.1) is 12.3 Å². The van der Waals surface area contributed by atoms with Gasteiger partial charge < -0.3 is 10.2 Å². The zero-order valence-electron chi connectivity index (χ0n) is 16.5. The highest BCUT2D eigenvalue weighted by molar-refractivity contribution is 5.78. The van der Waals surface area contributed by atoms with Crippen molar-refractivity contribution in [2.45, 2.75) is 6.42 Å². The van der Waals surface area contributed by atoms with Gasteiger partial charge in [-0.3, -0.25) is 19.5 Å². The Bertz CT molecular complexity index is 1130. The van der Waals surface area contributed by atoms with Crippen molar-refractivity contribution in [3.05, 3.63) is 46.9 Å². The molecule has 2 aromatic heterocycles. The van der Waals surface area contributed by atoms with E-state index in [1.54, 1.807) is 4.68 Å². The molecule has 4 rings (SSSR count). The second-order valence-electron chi connectivity index (χ2n) is 7.12. The fraction of sp³-hybridized carbons (Fsp3) is 0.333. The van der Waals surface area contributed by atoms with Crippen LogP contribution in [0.15, 0.2) is 41.3 Å². The summed E-state index contributed by atoms with van der Waals surface area (Å²) in [7, 11) is 0. The minimum absolute atomic E-state index is 0.0823. The molecule has 0 aliphatic carbocycles. The molecule has 0 unspecified atom stereocenters. The van der Waals surface area contributed by atoms with Crippen LogP contribution in [0.25, 0.3) is 16.7 Å². The molecule has 0 atom stereocenters. The zero-order chi connectivity index (χ0) is 20.9. The topological polar surface area (TPSA) is 99.2 Å². The Labute approximate surface area is 173 Å². The van der Waals surface area contributed by atoms with E-state index in [1.807, 2.05) is 35.2 Å². The average Bonchev–Trinajstić information content (AvgIpc) is 3.06. The van der Waals surface area contributed by atoms with Crippen molar-refractivity contribution in [2.24, 2.45) is 0 Å². The van der Waals surface area contributed by atoms with Gasteiger partial charge in [0.25, 0.3) is 5.56 Å². The minimum atomic E-state index is -0.216. The van der Waals surface area contributed by atoms with E-state index in [-0.39, 0.29) is 18.0 Å². The van der Waals surface area contributed by atoms with E-state index >= 15 is 0 Å². The number of rotatable bonds is 5. The molecule has 30 heavy (non-hydrogen) atoms. The lowest BCUT2D eigenvalue weighted by atomic mass is 10.3. The van der Waals surface area contributed by atoms with Gasteiger partial charge in [-0.1, -0.05) is 24.1 Å². The Morgan fingerprint density at radius 2 is 2.03 bits per heavy atom. The van der Waals surface area contributed by atoms with Gasteiger partial charge in [0.15, 0.2) is 5.65 Å². The second-order valence-corrected chi connectivity index (χ2v) is 7.12. The molecule has 0 bridgehead atoms. The number of H-pyrrole nitrogens is 1. The summed E-state index contributed by atoms with van der Waals surface area (Å²) >= 11 is 0. The van der Waals surface area contributed by atoms with Crippen molar-refractivity contribution < 1.29 is 4.79 Å². The predicted octanol–water partition coefficient (Wildman–Crippen LogP) is 0.370. The summed E-state index contributed by atoms with van der Waals surface area (Å²) in [5.74, 6) is 2.84. The number of fused-ring (bicyclic) bond motifs is 1. The molecule has 3 aromatic rings. The summed E-state index contributed by atoms with van der Waals surface area (Å²) < 4.78 is 1.67. The average molecular weight is 405 g/mol. The van der Waals surface area contributed by atoms with Gasteiger partial charge in [0, 0.05) is 26.2 Å². The van der Waals surface area contributed by atoms with Crippen LogP contribution in [0.5, 0.6) is 0 Å². The van der Waals surface area contributed by atoms with E-state index in [0.29, 0.717) is 36.6 Å². The molecule has 9 heteroatoms. The van der Waals surface area contributed by atoms with Gasteiger partial charge in [-0.15, -0.1) is 6.42 Å². The third-order valence-corrected chi connectivity index (χ3v) is 5.07. The van der Waals surface area contributed by atoms with Crippen molar-refractivity contribution in [1.29, 1.82) is 0 Å². The highest BCUT2D eigenvalue weighted by Crippen LogP contribution is 2.17. The normalized spacial score (nSPS) is 15.0. The number of anilines is 1. The monoisotopic (exact) mass is 405 g/mol. The molecule has 1 aromatic carbocycles. The molecule has 0 saturated carbocycles. The molecule has 0 spiro atoms. The van der Waals surface area contributed by atoms with Gasteiger partial charge in [0.1, 0.15) is 5.39 Å². The van der Waals surface area contributed by atoms with Crippen LogP contribution in [0.2, 0.25) is 0 Å². The first kappa shape index (κ1) is 19.7. The number of nitrogens with one attached hydrogen (secondary N) is 2. The van der Waals surface area contributed by atoms with Gasteiger partial charge in [-0.25, -0.2) is 4.68 Å². The molecule has 1 aliphatic rings. The van der Waals surface area contributed by atoms with Crippen LogP contribution in [0.4, 0.5) is 5.95 Å². The largest absolute Gasteiger partial charge is 0.344 e. The Morgan fingerprint density at radius 1 is 1.20 bits per heavy atom. The van der Waals surface area contributed by atoms with E-state index in [9.17, 15) is 9.59 Å². The van der Waals surface area contributed by atoms with Crippen LogP contribution in [-0.4, -0.2) is 69.8 Å². The molecule has 9 nitrogen and oxygen atoms in total. The summed E-state index contributed by atoms with van der Waals surface area (Å²) in [6, 6.07) is 9.60. The van der Waals surface area contributed by atoms with Crippen LogP contribution >= 0.6 is 0 Å². The smallest absolute Gasteiger partial charge is 0.263 e. The fourth-order valence-corrected chi connectivity index (χ4v) is 3.56. The van der Waals surface area contributed by atoms with Crippen molar-refractivity contribution in [3.8, 4) is 18.0 Å². The maximum atomic E-state index is 12.6. The summed E-state index contributed by atoms with van der Waals surface area (Å²) in [5.41, 5.74) is 1.15. The first-order valence-electron chi connectivity index (χ1n) is 9.86. The number of hydrogen-bond acceptors (Lipinski definition) is 6. The van der Waals surface area contributed by atoms with Gasteiger partial charge in [0.05, 0.1) is 25.0 Å². The van der Waals surface area contributed by atoms with E-state index in [2.05, 4.69) is 26.2 Å². The fourth-order valence-electron chi connectivity index (χ4n) is 3.56. The number of nitrogens with zero attached hydrogens (tertiary/aromatic N) is 5. The van der Waals surface area contributed by atoms with E-state index < -0.39 is 0 Å². The summed E-state index contributed by atoms with van der Waals surface area (Å²) in [6.07, 6.45) is 7.57. The third kappa shape index (κ3) is 4.18. The molecule has 1 saturated heterocycles. The maximum absolute atomic E-state index is 12.6. The minimum Gasteiger partial charge on any atom is -0.344 e. The predicted molar refractivity (Wildman–Crippen MR) is 115 cm³/mol. The standard InChI is InChI=1S/C21H23N7O2/c1-2-9-22-18(29)15-26-10-6-11-27(13-12-26)21-24-19-17(20(30)25-21)14-23-28(19)16-7-4-3-5-8-16/h1,3-5,7-8,14H,6,9-13,15H2,(H,22,29)(H,24,25,30). The van der Waals surface area contributed by atoms with E-state index in [0.717, 1.165) is 25.2 Å². The Balaban J connectivity index is 1.54. The lowest BCUT2D eigenvalue weighted by Crippen LogP contribution is -2.39. The highest BCUT2D eigenvalue weighted by Gasteiger charge is 2.20. The number of benzene rings is 1. The van der Waals surface area contributed by atoms with Gasteiger partial charge in [-0.05, 0) is 18.6 Å².